The molecule has 0 aliphatic carbocycles. The van der Waals surface area contributed by atoms with Gasteiger partial charge in [-0.15, -0.1) is 0 Å². The maximum atomic E-state index is 6.24. The second-order valence-electron chi connectivity index (χ2n) is 8.74. The maximum Gasteiger partial charge on any atom is 0.392 e. The summed E-state index contributed by atoms with van der Waals surface area (Å²) in [5.74, 6) is 0.318. The summed E-state index contributed by atoms with van der Waals surface area (Å²) >= 11 is 24.7. The molecule has 0 heterocycles. The summed E-state index contributed by atoms with van der Waals surface area (Å²) < 4.78 is 12.1. The summed E-state index contributed by atoms with van der Waals surface area (Å²) in [6.45, 7) is 6.90. The molecular formula is C24H40Cl4O2Si. The molecule has 0 spiro atoms. The molecule has 0 aliphatic heterocycles. The van der Waals surface area contributed by atoms with Crippen LogP contribution in [0.2, 0.25) is 33.2 Å². The van der Waals surface area contributed by atoms with Crippen molar-refractivity contribution < 1.29 is 8.85 Å². The van der Waals surface area contributed by atoms with E-state index in [-0.39, 0.29) is 10.0 Å². The maximum absolute atomic E-state index is 6.24. The number of unbranched alkanes of at least 4 members (excludes halogenated alkanes) is 13. The van der Waals surface area contributed by atoms with Crippen LogP contribution < -0.4 is 4.43 Å². The number of benzene rings is 1. The average molecular weight is 530 g/mol. The molecule has 0 aromatic heterocycles. The second-order valence-corrected chi connectivity index (χ2v) is 13.6. The number of halogens is 4. The predicted molar refractivity (Wildman–Crippen MR) is 141 cm³/mol. The molecule has 1 aromatic carbocycles. The fourth-order valence-corrected chi connectivity index (χ4v) is 5.92. The summed E-state index contributed by atoms with van der Waals surface area (Å²) in [4.78, 5) is 0. The first-order valence-electron chi connectivity index (χ1n) is 11.9. The molecule has 31 heavy (non-hydrogen) atoms. The third-order valence-electron chi connectivity index (χ3n) is 5.37. The Labute approximate surface area is 211 Å². The molecule has 1 aromatic rings. The standard InChI is InChI=1S/C24H40Cl4O2Si/c1-4-5-6-7-8-9-10-11-12-13-14-15-16-17-18-29-31(2,3)30-24-22(27)20(25)19-21(26)23(24)28/h19H,4-18H2,1-3H3. The van der Waals surface area contributed by atoms with Gasteiger partial charge in [-0.1, -0.05) is 137 Å². The van der Waals surface area contributed by atoms with E-state index < -0.39 is 8.56 Å². The molecule has 0 N–H and O–H groups in total. The van der Waals surface area contributed by atoms with Crippen LogP contribution in [0.3, 0.4) is 0 Å². The minimum absolute atomic E-state index is 0.275. The van der Waals surface area contributed by atoms with Gasteiger partial charge in [-0.3, -0.25) is 0 Å². The van der Waals surface area contributed by atoms with Gasteiger partial charge in [-0.25, -0.2) is 0 Å². The summed E-state index contributed by atoms with van der Waals surface area (Å²) in [5.41, 5.74) is 0. The minimum Gasteiger partial charge on any atom is -0.518 e. The SMILES string of the molecule is CCCCCCCCCCCCCCCCO[Si](C)(C)Oc1c(Cl)c(Cl)cc(Cl)c1Cl. The van der Waals surface area contributed by atoms with Gasteiger partial charge >= 0.3 is 8.56 Å². The molecule has 0 unspecified atom stereocenters. The van der Waals surface area contributed by atoms with E-state index in [0.29, 0.717) is 22.4 Å². The molecule has 2 nitrogen and oxygen atoms in total. The summed E-state index contributed by atoms with van der Waals surface area (Å²) in [7, 11) is -2.44. The van der Waals surface area contributed by atoms with Gasteiger partial charge in [0.05, 0.1) is 10.0 Å². The van der Waals surface area contributed by atoms with E-state index in [4.69, 9.17) is 55.3 Å². The van der Waals surface area contributed by atoms with Crippen molar-refractivity contribution in [2.45, 2.75) is 110 Å². The second kappa shape index (κ2) is 16.9. The van der Waals surface area contributed by atoms with Crippen LogP contribution in [0.4, 0.5) is 0 Å². The van der Waals surface area contributed by atoms with E-state index in [1.54, 1.807) is 0 Å². The first kappa shape index (κ1) is 29.4. The van der Waals surface area contributed by atoms with Crippen molar-refractivity contribution in [3.8, 4) is 5.75 Å². The lowest BCUT2D eigenvalue weighted by Crippen LogP contribution is -2.39. The Morgan fingerprint density at radius 2 is 1.03 bits per heavy atom. The van der Waals surface area contributed by atoms with Crippen LogP contribution in [0.25, 0.3) is 0 Å². The summed E-state index contributed by atoms with van der Waals surface area (Å²) in [5, 5.41) is 1.19. The number of rotatable bonds is 18. The molecule has 0 bridgehead atoms. The highest BCUT2D eigenvalue weighted by Gasteiger charge is 2.30. The summed E-state index contributed by atoms with van der Waals surface area (Å²) in [6, 6.07) is 1.52. The molecule has 0 saturated carbocycles. The van der Waals surface area contributed by atoms with Crippen LogP contribution in [-0.2, 0) is 4.43 Å². The van der Waals surface area contributed by atoms with Gasteiger partial charge in [-0.05, 0) is 25.6 Å². The lowest BCUT2D eigenvalue weighted by Gasteiger charge is -2.25. The Balaban J connectivity index is 2.08. The predicted octanol–water partition coefficient (Wildman–Crippen LogP) is 10.9. The van der Waals surface area contributed by atoms with E-state index in [9.17, 15) is 0 Å². The van der Waals surface area contributed by atoms with Crippen molar-refractivity contribution in [1.82, 2.24) is 0 Å². The Morgan fingerprint density at radius 1 is 0.645 bits per heavy atom. The molecule has 7 heteroatoms. The Hall–Kier alpha value is 0.357. The van der Waals surface area contributed by atoms with Crippen molar-refractivity contribution in [3.63, 3.8) is 0 Å². The van der Waals surface area contributed by atoms with Gasteiger partial charge in [0.2, 0.25) is 0 Å². The zero-order valence-corrected chi connectivity index (χ0v) is 23.5. The van der Waals surface area contributed by atoms with E-state index in [0.717, 1.165) is 6.42 Å². The Bertz CT molecular complexity index is 600. The average Bonchev–Trinajstić information content (AvgIpc) is 2.72. The smallest absolute Gasteiger partial charge is 0.392 e. The fourth-order valence-electron chi connectivity index (χ4n) is 3.53. The molecule has 0 aliphatic rings. The molecule has 0 radical (unpaired) electrons. The first-order valence-corrected chi connectivity index (χ1v) is 16.3. The molecule has 0 atom stereocenters. The molecule has 180 valence electrons. The zero-order chi connectivity index (χ0) is 23.1. The molecular weight excluding hydrogens is 490 g/mol. The van der Waals surface area contributed by atoms with Gasteiger partial charge < -0.3 is 8.85 Å². The van der Waals surface area contributed by atoms with Gasteiger partial charge in [0.1, 0.15) is 15.8 Å². The molecule has 1 rings (SSSR count). The van der Waals surface area contributed by atoms with Gasteiger partial charge in [-0.2, -0.15) is 0 Å². The van der Waals surface area contributed by atoms with Crippen LogP contribution in [0, 0.1) is 0 Å². The first-order chi connectivity index (χ1) is 14.8. The third kappa shape index (κ3) is 13.0. The van der Waals surface area contributed by atoms with Crippen molar-refractivity contribution in [3.05, 3.63) is 26.2 Å². The highest BCUT2D eigenvalue weighted by molar-refractivity contribution is 6.65. The number of hydrogen-bond donors (Lipinski definition) is 0. The van der Waals surface area contributed by atoms with Gasteiger partial charge in [0, 0.05) is 6.61 Å². The normalized spacial score (nSPS) is 11.8. The van der Waals surface area contributed by atoms with Crippen LogP contribution >= 0.6 is 46.4 Å². The monoisotopic (exact) mass is 528 g/mol. The van der Waals surface area contributed by atoms with Crippen molar-refractivity contribution in [2.75, 3.05) is 6.61 Å². The highest BCUT2D eigenvalue weighted by Crippen LogP contribution is 2.43. The molecule has 0 saturated heterocycles. The van der Waals surface area contributed by atoms with Crippen molar-refractivity contribution >= 4 is 55.0 Å². The number of hydrogen-bond acceptors (Lipinski definition) is 2. The van der Waals surface area contributed by atoms with Crippen LogP contribution in [0.15, 0.2) is 6.07 Å². The van der Waals surface area contributed by atoms with Gasteiger partial charge in [0.25, 0.3) is 0 Å². The molecule has 0 amide bonds. The van der Waals surface area contributed by atoms with E-state index >= 15 is 0 Å². The zero-order valence-electron chi connectivity index (χ0n) is 19.5. The van der Waals surface area contributed by atoms with E-state index in [2.05, 4.69) is 6.92 Å². The van der Waals surface area contributed by atoms with Gasteiger partial charge in [0.15, 0.2) is 0 Å². The van der Waals surface area contributed by atoms with Crippen LogP contribution in [0.5, 0.6) is 5.75 Å². The quantitative estimate of drug-likeness (QED) is 0.107. The fraction of sp³-hybridized carbons (Fsp3) is 0.750. The van der Waals surface area contributed by atoms with E-state index in [1.165, 1.54) is 89.5 Å². The molecule has 0 fully saturated rings. The van der Waals surface area contributed by atoms with Crippen LogP contribution in [0.1, 0.15) is 96.8 Å². The summed E-state index contributed by atoms with van der Waals surface area (Å²) in [6.07, 6.45) is 18.8. The minimum atomic E-state index is -2.44. The lowest BCUT2D eigenvalue weighted by molar-refractivity contribution is 0.241. The largest absolute Gasteiger partial charge is 0.518 e. The van der Waals surface area contributed by atoms with Crippen molar-refractivity contribution in [2.24, 2.45) is 0 Å². The Kier molecular flexibility index (Phi) is 16.0. The Morgan fingerprint density at radius 3 is 1.45 bits per heavy atom. The van der Waals surface area contributed by atoms with Crippen LogP contribution in [-0.4, -0.2) is 15.2 Å². The van der Waals surface area contributed by atoms with Crippen molar-refractivity contribution in [1.29, 1.82) is 0 Å². The van der Waals surface area contributed by atoms with E-state index in [1.807, 2.05) is 13.1 Å². The topological polar surface area (TPSA) is 18.5 Å². The highest BCUT2D eigenvalue weighted by atomic mass is 35.5. The third-order valence-corrected chi connectivity index (χ3v) is 8.50. The lowest BCUT2D eigenvalue weighted by atomic mass is 10.0.